The molecule has 0 bridgehead atoms. The zero-order chi connectivity index (χ0) is 17.3. The fourth-order valence-corrected chi connectivity index (χ4v) is 2.66. The van der Waals surface area contributed by atoms with Crippen LogP contribution in [0, 0.1) is 0 Å². The molecule has 3 heteroatoms. The van der Waals surface area contributed by atoms with Gasteiger partial charge in [0.1, 0.15) is 12.4 Å². The first kappa shape index (κ1) is 17.2. The summed E-state index contributed by atoms with van der Waals surface area (Å²) >= 11 is 0. The van der Waals surface area contributed by atoms with E-state index in [1.165, 1.54) is 0 Å². The molecule has 0 saturated carbocycles. The largest absolute Gasteiger partial charge is 0.489 e. The average molecular weight is 333 g/mol. The Bertz CT molecular complexity index is 759. The number of aliphatic hydroxyl groups is 1. The number of aliphatic hydroxyl groups excluding tert-OH is 1. The smallest absolute Gasteiger partial charge is 0.124 e. The lowest BCUT2D eigenvalue weighted by Crippen LogP contribution is -2.21. The van der Waals surface area contributed by atoms with Crippen LogP contribution in [0.1, 0.15) is 22.8 Å². The summed E-state index contributed by atoms with van der Waals surface area (Å²) in [6.07, 6.45) is -0.515. The number of para-hydroxylation sites is 1. The molecule has 0 heterocycles. The van der Waals surface area contributed by atoms with Gasteiger partial charge in [-0.1, -0.05) is 78.9 Å². The van der Waals surface area contributed by atoms with E-state index < -0.39 is 6.10 Å². The molecular weight excluding hydrogens is 310 g/mol. The van der Waals surface area contributed by atoms with Gasteiger partial charge >= 0.3 is 0 Å². The van der Waals surface area contributed by atoms with E-state index in [2.05, 4.69) is 17.4 Å². The molecule has 3 rings (SSSR count). The zero-order valence-corrected chi connectivity index (χ0v) is 14.1. The molecule has 1 atom stereocenters. The van der Waals surface area contributed by atoms with Crippen LogP contribution in [-0.2, 0) is 13.2 Å². The summed E-state index contributed by atoms with van der Waals surface area (Å²) in [6, 6.07) is 27.8. The van der Waals surface area contributed by atoms with E-state index in [1.54, 1.807) is 0 Å². The molecule has 0 fully saturated rings. The molecule has 2 N–H and O–H groups in total. The molecule has 0 amide bonds. The Hall–Kier alpha value is -2.62. The number of hydrogen-bond acceptors (Lipinski definition) is 3. The van der Waals surface area contributed by atoms with Gasteiger partial charge in [-0.3, -0.25) is 0 Å². The molecule has 0 radical (unpaired) electrons. The van der Waals surface area contributed by atoms with Crippen molar-refractivity contribution < 1.29 is 9.84 Å². The molecule has 0 saturated heterocycles. The highest BCUT2D eigenvalue weighted by atomic mass is 16.5. The van der Waals surface area contributed by atoms with Crippen LogP contribution < -0.4 is 10.1 Å². The van der Waals surface area contributed by atoms with E-state index in [9.17, 15) is 5.11 Å². The monoisotopic (exact) mass is 333 g/mol. The van der Waals surface area contributed by atoms with Gasteiger partial charge in [-0.25, -0.2) is 0 Å². The van der Waals surface area contributed by atoms with Crippen molar-refractivity contribution in [3.05, 3.63) is 102 Å². The fraction of sp³-hybridized carbons (Fsp3) is 0.182. The summed E-state index contributed by atoms with van der Waals surface area (Å²) in [5.74, 6) is 0.869. The fourth-order valence-electron chi connectivity index (χ4n) is 2.66. The van der Waals surface area contributed by atoms with E-state index in [0.717, 1.165) is 22.4 Å². The van der Waals surface area contributed by atoms with Gasteiger partial charge in [0, 0.05) is 18.7 Å². The predicted molar refractivity (Wildman–Crippen MR) is 100 cm³/mol. The van der Waals surface area contributed by atoms with Crippen LogP contribution in [0.15, 0.2) is 84.9 Å². The Morgan fingerprint density at radius 3 is 2.20 bits per heavy atom. The van der Waals surface area contributed by atoms with E-state index >= 15 is 0 Å². The van der Waals surface area contributed by atoms with Crippen molar-refractivity contribution in [1.82, 2.24) is 5.32 Å². The topological polar surface area (TPSA) is 41.5 Å². The summed E-state index contributed by atoms with van der Waals surface area (Å²) in [5.41, 5.74) is 3.15. The minimum Gasteiger partial charge on any atom is -0.489 e. The Labute approximate surface area is 148 Å². The third-order valence-corrected chi connectivity index (χ3v) is 4.05. The summed E-state index contributed by atoms with van der Waals surface area (Å²) in [4.78, 5) is 0. The van der Waals surface area contributed by atoms with Crippen LogP contribution in [0.4, 0.5) is 0 Å². The second kappa shape index (κ2) is 9.02. The second-order valence-electron chi connectivity index (χ2n) is 5.94. The van der Waals surface area contributed by atoms with Crippen LogP contribution in [0.2, 0.25) is 0 Å². The predicted octanol–water partition coefficient (Wildman–Crippen LogP) is 4.09. The van der Waals surface area contributed by atoms with Crippen LogP contribution in [-0.4, -0.2) is 11.7 Å². The van der Waals surface area contributed by atoms with E-state index in [1.807, 2.05) is 72.8 Å². The highest BCUT2D eigenvalue weighted by Gasteiger charge is 2.08. The number of benzene rings is 3. The SMILES string of the molecule is O[C@H](CNCc1ccccc1OCc1ccccc1)c1ccccc1. The number of ether oxygens (including phenoxy) is 1. The van der Waals surface area contributed by atoms with Crippen LogP contribution in [0.25, 0.3) is 0 Å². The molecule has 128 valence electrons. The third-order valence-electron chi connectivity index (χ3n) is 4.05. The first-order chi connectivity index (χ1) is 12.3. The maximum atomic E-state index is 10.2. The molecule has 0 unspecified atom stereocenters. The maximum absolute atomic E-state index is 10.2. The summed E-state index contributed by atoms with van der Waals surface area (Å²) < 4.78 is 5.96. The Morgan fingerprint density at radius 1 is 0.800 bits per heavy atom. The highest BCUT2D eigenvalue weighted by Crippen LogP contribution is 2.19. The van der Waals surface area contributed by atoms with Crippen molar-refractivity contribution in [2.24, 2.45) is 0 Å². The van der Waals surface area contributed by atoms with Gasteiger partial charge in [0.05, 0.1) is 6.10 Å². The van der Waals surface area contributed by atoms with Crippen molar-refractivity contribution in [3.8, 4) is 5.75 Å². The van der Waals surface area contributed by atoms with Gasteiger partial charge in [0.2, 0.25) is 0 Å². The number of nitrogens with one attached hydrogen (secondary N) is 1. The van der Waals surface area contributed by atoms with Gasteiger partial charge in [-0.15, -0.1) is 0 Å². The van der Waals surface area contributed by atoms with Crippen molar-refractivity contribution in [1.29, 1.82) is 0 Å². The molecule has 3 aromatic rings. The summed E-state index contributed by atoms with van der Waals surface area (Å²) in [6.45, 7) is 1.69. The second-order valence-corrected chi connectivity index (χ2v) is 5.94. The van der Waals surface area contributed by atoms with Gasteiger partial charge in [-0.2, -0.15) is 0 Å². The molecular formula is C22H23NO2. The van der Waals surface area contributed by atoms with Crippen molar-refractivity contribution >= 4 is 0 Å². The molecule has 0 aliphatic heterocycles. The summed E-state index contributed by atoms with van der Waals surface area (Å²) in [7, 11) is 0. The minimum atomic E-state index is -0.515. The van der Waals surface area contributed by atoms with Gasteiger partial charge in [-0.05, 0) is 17.2 Å². The molecule has 3 aromatic carbocycles. The quantitative estimate of drug-likeness (QED) is 0.652. The maximum Gasteiger partial charge on any atom is 0.124 e. The Balaban J connectivity index is 1.54. The lowest BCUT2D eigenvalue weighted by atomic mass is 10.1. The Morgan fingerprint density at radius 2 is 1.44 bits per heavy atom. The van der Waals surface area contributed by atoms with E-state index in [4.69, 9.17) is 4.74 Å². The van der Waals surface area contributed by atoms with Gasteiger partial charge in [0.25, 0.3) is 0 Å². The highest BCUT2D eigenvalue weighted by molar-refractivity contribution is 5.33. The zero-order valence-electron chi connectivity index (χ0n) is 14.1. The van der Waals surface area contributed by atoms with Crippen molar-refractivity contribution in [2.45, 2.75) is 19.3 Å². The summed E-state index contributed by atoms with van der Waals surface area (Å²) in [5, 5.41) is 13.5. The Kier molecular flexibility index (Phi) is 6.21. The van der Waals surface area contributed by atoms with Crippen molar-refractivity contribution in [3.63, 3.8) is 0 Å². The van der Waals surface area contributed by atoms with Crippen LogP contribution in [0.3, 0.4) is 0 Å². The van der Waals surface area contributed by atoms with E-state index in [0.29, 0.717) is 19.7 Å². The number of rotatable bonds is 8. The molecule has 0 spiro atoms. The van der Waals surface area contributed by atoms with Gasteiger partial charge in [0.15, 0.2) is 0 Å². The lowest BCUT2D eigenvalue weighted by Gasteiger charge is -2.15. The molecule has 3 nitrogen and oxygen atoms in total. The number of hydrogen-bond donors (Lipinski definition) is 2. The molecule has 0 aromatic heterocycles. The van der Waals surface area contributed by atoms with Crippen LogP contribution >= 0.6 is 0 Å². The standard InChI is InChI=1S/C22H23NO2/c24-21(19-11-5-2-6-12-19)16-23-15-20-13-7-8-14-22(20)25-17-18-9-3-1-4-10-18/h1-14,21,23-24H,15-17H2/t21-/m1/s1. The lowest BCUT2D eigenvalue weighted by molar-refractivity contribution is 0.174. The minimum absolute atomic E-state index is 0.497. The normalized spacial score (nSPS) is 11.9. The first-order valence-corrected chi connectivity index (χ1v) is 8.51. The average Bonchev–Trinajstić information content (AvgIpc) is 2.68. The third kappa shape index (κ3) is 5.18. The first-order valence-electron chi connectivity index (χ1n) is 8.51. The molecule has 0 aliphatic rings. The molecule has 25 heavy (non-hydrogen) atoms. The van der Waals surface area contributed by atoms with Crippen LogP contribution in [0.5, 0.6) is 5.75 Å². The van der Waals surface area contributed by atoms with E-state index in [-0.39, 0.29) is 0 Å². The molecule has 0 aliphatic carbocycles. The van der Waals surface area contributed by atoms with Gasteiger partial charge < -0.3 is 15.2 Å². The van der Waals surface area contributed by atoms with Crippen molar-refractivity contribution in [2.75, 3.05) is 6.54 Å².